The number of carbonyl (C=O) groups is 2. The summed E-state index contributed by atoms with van der Waals surface area (Å²) >= 11 is 0. The molecule has 4 aromatic rings. The molecule has 0 saturated carbocycles. The topological polar surface area (TPSA) is 107 Å². The largest absolute Gasteiger partial charge is 0.345 e. The van der Waals surface area contributed by atoms with Crippen LogP contribution in [0.25, 0.3) is 10.9 Å². The van der Waals surface area contributed by atoms with E-state index in [4.69, 9.17) is 0 Å². The van der Waals surface area contributed by atoms with Crippen molar-refractivity contribution in [3.63, 3.8) is 0 Å². The van der Waals surface area contributed by atoms with Gasteiger partial charge < -0.3 is 15.6 Å². The molecule has 1 heterocycles. The van der Waals surface area contributed by atoms with Gasteiger partial charge in [-0.05, 0) is 43.8 Å². The number of aromatic nitrogens is 2. The van der Waals surface area contributed by atoms with Gasteiger partial charge in [0.05, 0.1) is 41.3 Å². The van der Waals surface area contributed by atoms with Crippen molar-refractivity contribution in [2.75, 3.05) is 18.9 Å². The van der Waals surface area contributed by atoms with E-state index in [9.17, 15) is 14.4 Å². The van der Waals surface area contributed by atoms with Crippen LogP contribution in [0.4, 0.5) is 5.69 Å². The number of likely N-dealkylation sites (N-methyl/N-ethyl adjacent to an activating group) is 1. The van der Waals surface area contributed by atoms with Crippen LogP contribution in [0.2, 0.25) is 0 Å². The SMILES string of the molecule is C[C@@H](NC(=O)c1ccccc1NC(=O)CN(C)Cc1nc2ccccc2c(=O)[nH]1)c1ccccc1. The Bertz CT molecular complexity index is 1400. The van der Waals surface area contributed by atoms with Crippen LogP contribution in [0.3, 0.4) is 0 Å². The maximum Gasteiger partial charge on any atom is 0.258 e. The van der Waals surface area contributed by atoms with E-state index in [2.05, 4.69) is 20.6 Å². The molecule has 0 saturated heterocycles. The van der Waals surface area contributed by atoms with Crippen molar-refractivity contribution in [3.05, 3.63) is 106 Å². The number of benzene rings is 3. The summed E-state index contributed by atoms with van der Waals surface area (Å²) < 4.78 is 0. The minimum Gasteiger partial charge on any atom is -0.345 e. The number of fused-ring (bicyclic) bond motifs is 1. The quantitative estimate of drug-likeness (QED) is 0.366. The van der Waals surface area contributed by atoms with Crippen molar-refractivity contribution < 1.29 is 9.59 Å². The van der Waals surface area contributed by atoms with Gasteiger partial charge >= 0.3 is 0 Å². The monoisotopic (exact) mass is 469 g/mol. The van der Waals surface area contributed by atoms with Crippen LogP contribution in [0.1, 0.15) is 34.7 Å². The normalized spacial score (nSPS) is 11.9. The highest BCUT2D eigenvalue weighted by Gasteiger charge is 2.17. The predicted molar refractivity (Wildman–Crippen MR) is 136 cm³/mol. The Morgan fingerprint density at radius 1 is 0.971 bits per heavy atom. The highest BCUT2D eigenvalue weighted by atomic mass is 16.2. The Balaban J connectivity index is 1.39. The summed E-state index contributed by atoms with van der Waals surface area (Å²) in [6.45, 7) is 2.24. The molecule has 0 aliphatic carbocycles. The Labute approximate surface area is 203 Å². The third-order valence-electron chi connectivity index (χ3n) is 5.59. The van der Waals surface area contributed by atoms with Crippen molar-refractivity contribution >= 4 is 28.4 Å². The molecular weight excluding hydrogens is 442 g/mol. The molecule has 0 aliphatic heterocycles. The van der Waals surface area contributed by atoms with E-state index in [1.165, 1.54) is 0 Å². The zero-order valence-corrected chi connectivity index (χ0v) is 19.6. The van der Waals surface area contributed by atoms with Gasteiger partial charge in [-0.2, -0.15) is 0 Å². The van der Waals surface area contributed by atoms with Gasteiger partial charge in [0.25, 0.3) is 11.5 Å². The highest BCUT2D eigenvalue weighted by Crippen LogP contribution is 2.18. The van der Waals surface area contributed by atoms with Crippen LogP contribution in [0.5, 0.6) is 0 Å². The number of H-pyrrole nitrogens is 1. The molecule has 8 heteroatoms. The number of amides is 2. The lowest BCUT2D eigenvalue weighted by atomic mass is 10.1. The van der Waals surface area contributed by atoms with Crippen molar-refractivity contribution in [1.82, 2.24) is 20.2 Å². The standard InChI is InChI=1S/C27H27N5O3/c1-18(19-10-4-3-5-11-19)28-26(34)21-13-7-9-15-23(21)30-25(33)17-32(2)16-24-29-22-14-8-6-12-20(22)27(35)31-24/h3-15,18H,16-17H2,1-2H3,(H,28,34)(H,30,33)(H,29,31,35)/t18-/m1/s1. The number of hydrogen-bond donors (Lipinski definition) is 3. The second-order valence-electron chi connectivity index (χ2n) is 8.40. The summed E-state index contributed by atoms with van der Waals surface area (Å²) in [7, 11) is 1.76. The fourth-order valence-electron chi connectivity index (χ4n) is 3.85. The van der Waals surface area contributed by atoms with Crippen molar-refractivity contribution in [2.45, 2.75) is 19.5 Å². The molecule has 1 atom stereocenters. The van der Waals surface area contributed by atoms with Crippen LogP contribution in [-0.4, -0.2) is 40.3 Å². The lowest BCUT2D eigenvalue weighted by molar-refractivity contribution is -0.117. The molecule has 3 N–H and O–H groups in total. The molecule has 4 rings (SSSR count). The van der Waals surface area contributed by atoms with Crippen molar-refractivity contribution in [2.24, 2.45) is 0 Å². The molecule has 1 aromatic heterocycles. The first-order valence-corrected chi connectivity index (χ1v) is 11.3. The third-order valence-corrected chi connectivity index (χ3v) is 5.59. The zero-order chi connectivity index (χ0) is 24.8. The Kier molecular flexibility index (Phi) is 7.32. The minimum absolute atomic E-state index is 0.0485. The number of rotatable bonds is 8. The molecule has 0 aliphatic rings. The van der Waals surface area contributed by atoms with E-state index in [-0.39, 0.29) is 36.5 Å². The molecule has 0 spiro atoms. The van der Waals surface area contributed by atoms with Gasteiger partial charge in [0.2, 0.25) is 5.91 Å². The summed E-state index contributed by atoms with van der Waals surface area (Å²) in [5.41, 5.74) is 2.19. The highest BCUT2D eigenvalue weighted by molar-refractivity contribution is 6.04. The number of nitrogens with zero attached hydrogens (tertiary/aromatic N) is 2. The number of nitrogens with one attached hydrogen (secondary N) is 3. The summed E-state index contributed by atoms with van der Waals surface area (Å²) in [6.07, 6.45) is 0. The summed E-state index contributed by atoms with van der Waals surface area (Å²) in [6, 6.07) is 23.5. The molecule has 8 nitrogen and oxygen atoms in total. The number of carbonyl (C=O) groups excluding carboxylic acids is 2. The molecular formula is C27H27N5O3. The molecule has 3 aromatic carbocycles. The van der Waals surface area contributed by atoms with E-state index in [0.29, 0.717) is 28.0 Å². The van der Waals surface area contributed by atoms with Gasteiger partial charge in [-0.1, -0.05) is 54.6 Å². The first kappa shape index (κ1) is 23.8. The van der Waals surface area contributed by atoms with E-state index in [1.807, 2.05) is 43.3 Å². The Morgan fingerprint density at radius 2 is 1.66 bits per heavy atom. The van der Waals surface area contributed by atoms with E-state index in [0.717, 1.165) is 5.56 Å². The second-order valence-corrected chi connectivity index (χ2v) is 8.40. The maximum atomic E-state index is 12.9. The molecule has 0 radical (unpaired) electrons. The van der Waals surface area contributed by atoms with E-state index >= 15 is 0 Å². The van der Waals surface area contributed by atoms with Crippen molar-refractivity contribution in [3.8, 4) is 0 Å². The van der Waals surface area contributed by atoms with Gasteiger partial charge in [-0.25, -0.2) is 4.98 Å². The third kappa shape index (κ3) is 5.99. The fraction of sp³-hybridized carbons (Fsp3) is 0.185. The summed E-state index contributed by atoms with van der Waals surface area (Å²) in [5, 5.41) is 6.33. The zero-order valence-electron chi connectivity index (χ0n) is 19.6. The minimum atomic E-state index is -0.285. The lowest BCUT2D eigenvalue weighted by Crippen LogP contribution is -2.32. The smallest absolute Gasteiger partial charge is 0.258 e. The van der Waals surface area contributed by atoms with Crippen LogP contribution in [-0.2, 0) is 11.3 Å². The van der Waals surface area contributed by atoms with Gasteiger partial charge in [0.15, 0.2) is 0 Å². The number of para-hydroxylation sites is 2. The lowest BCUT2D eigenvalue weighted by Gasteiger charge is -2.18. The van der Waals surface area contributed by atoms with Gasteiger partial charge in [0.1, 0.15) is 5.82 Å². The first-order chi connectivity index (χ1) is 16.9. The first-order valence-electron chi connectivity index (χ1n) is 11.3. The van der Waals surface area contributed by atoms with Crippen LogP contribution in [0.15, 0.2) is 83.7 Å². The van der Waals surface area contributed by atoms with Crippen LogP contribution in [0, 0.1) is 0 Å². The fourth-order valence-corrected chi connectivity index (χ4v) is 3.85. The van der Waals surface area contributed by atoms with Gasteiger partial charge in [-0.3, -0.25) is 19.3 Å². The average molecular weight is 470 g/mol. The molecule has 0 fully saturated rings. The number of anilines is 1. The van der Waals surface area contributed by atoms with Crippen LogP contribution >= 0.6 is 0 Å². The molecule has 2 amide bonds. The van der Waals surface area contributed by atoms with E-state index in [1.54, 1.807) is 54.4 Å². The maximum absolute atomic E-state index is 12.9. The summed E-state index contributed by atoms with van der Waals surface area (Å²) in [4.78, 5) is 46.9. The van der Waals surface area contributed by atoms with Gasteiger partial charge in [0, 0.05) is 0 Å². The number of hydrogen-bond acceptors (Lipinski definition) is 5. The van der Waals surface area contributed by atoms with Crippen molar-refractivity contribution in [1.29, 1.82) is 0 Å². The summed E-state index contributed by atoms with van der Waals surface area (Å²) in [5.74, 6) is -0.0887. The van der Waals surface area contributed by atoms with Crippen LogP contribution < -0.4 is 16.2 Å². The Morgan fingerprint density at radius 3 is 2.46 bits per heavy atom. The Hall–Kier alpha value is -4.30. The second kappa shape index (κ2) is 10.8. The average Bonchev–Trinajstić information content (AvgIpc) is 2.84. The molecule has 35 heavy (non-hydrogen) atoms. The number of aromatic amines is 1. The molecule has 178 valence electrons. The van der Waals surface area contributed by atoms with Gasteiger partial charge in [-0.15, -0.1) is 0 Å². The predicted octanol–water partition coefficient (Wildman–Crippen LogP) is 3.48. The molecule has 0 bridgehead atoms. The van der Waals surface area contributed by atoms with E-state index < -0.39 is 0 Å². The molecule has 0 unspecified atom stereocenters.